The van der Waals surface area contributed by atoms with E-state index >= 15 is 0 Å². The fourth-order valence-electron chi connectivity index (χ4n) is 2.24. The topological polar surface area (TPSA) is 26.3 Å². The van der Waals surface area contributed by atoms with E-state index in [1.54, 1.807) is 0 Å². The zero-order valence-corrected chi connectivity index (χ0v) is 10.7. The highest BCUT2D eigenvalue weighted by atomic mass is 16.5. The highest BCUT2D eigenvalue weighted by molar-refractivity contribution is 5.78. The van der Waals surface area contributed by atoms with Crippen molar-refractivity contribution in [2.45, 2.75) is 25.4 Å². The van der Waals surface area contributed by atoms with Gasteiger partial charge in [0.15, 0.2) is 0 Å². The lowest BCUT2D eigenvalue weighted by Gasteiger charge is -2.09. The van der Waals surface area contributed by atoms with Gasteiger partial charge in [0.1, 0.15) is 18.6 Å². The third-order valence-corrected chi connectivity index (χ3v) is 3.45. The van der Waals surface area contributed by atoms with Crippen LogP contribution in [0.25, 0.3) is 0 Å². The molecule has 0 aromatic heterocycles. The number of carbonyl (C=O) groups is 1. The van der Waals surface area contributed by atoms with Crippen LogP contribution in [0.1, 0.15) is 40.2 Å². The van der Waals surface area contributed by atoms with E-state index in [0.717, 1.165) is 28.7 Å². The van der Waals surface area contributed by atoms with Gasteiger partial charge in [-0.2, -0.15) is 0 Å². The predicted octanol–water partition coefficient (Wildman–Crippen LogP) is 3.96. The first-order valence-electron chi connectivity index (χ1n) is 6.62. The van der Waals surface area contributed by atoms with Crippen molar-refractivity contribution >= 4 is 6.29 Å². The van der Waals surface area contributed by atoms with Crippen LogP contribution in [-0.2, 0) is 6.61 Å². The molecule has 2 heteroatoms. The standard InChI is InChI=1S/C17H16O2/c18-11-15-8-9-16(10-17(15)14-6-7-14)19-12-13-4-2-1-3-5-13/h1-5,8-11,14H,6-7,12H2. The Morgan fingerprint density at radius 3 is 2.58 bits per heavy atom. The molecule has 1 fully saturated rings. The molecule has 2 aromatic carbocycles. The van der Waals surface area contributed by atoms with Gasteiger partial charge in [0, 0.05) is 5.56 Å². The van der Waals surface area contributed by atoms with Crippen LogP contribution in [0.5, 0.6) is 5.75 Å². The Bertz CT molecular complexity index is 571. The fourth-order valence-corrected chi connectivity index (χ4v) is 2.24. The minimum Gasteiger partial charge on any atom is -0.489 e. The number of ether oxygens (including phenoxy) is 1. The Morgan fingerprint density at radius 2 is 1.89 bits per heavy atom. The number of carbonyl (C=O) groups excluding carboxylic acids is 1. The molecule has 1 aliphatic carbocycles. The van der Waals surface area contributed by atoms with Crippen LogP contribution in [0.2, 0.25) is 0 Å². The van der Waals surface area contributed by atoms with Crippen molar-refractivity contribution in [2.75, 3.05) is 0 Å². The highest BCUT2D eigenvalue weighted by Crippen LogP contribution is 2.42. The summed E-state index contributed by atoms with van der Waals surface area (Å²) in [7, 11) is 0. The Kier molecular flexibility index (Phi) is 3.32. The van der Waals surface area contributed by atoms with Crippen LogP contribution in [0.4, 0.5) is 0 Å². The molecule has 3 rings (SSSR count). The van der Waals surface area contributed by atoms with Crippen molar-refractivity contribution in [3.05, 3.63) is 65.2 Å². The van der Waals surface area contributed by atoms with E-state index in [1.165, 1.54) is 12.8 Å². The summed E-state index contributed by atoms with van der Waals surface area (Å²) in [5, 5.41) is 0. The van der Waals surface area contributed by atoms with E-state index < -0.39 is 0 Å². The summed E-state index contributed by atoms with van der Waals surface area (Å²) in [5.41, 5.74) is 3.09. The Balaban J connectivity index is 1.74. The molecule has 0 saturated heterocycles. The normalized spacial score (nSPS) is 14.1. The second-order valence-electron chi connectivity index (χ2n) is 4.96. The van der Waals surface area contributed by atoms with Crippen molar-refractivity contribution in [2.24, 2.45) is 0 Å². The van der Waals surface area contributed by atoms with Gasteiger partial charge in [0.25, 0.3) is 0 Å². The van der Waals surface area contributed by atoms with Gasteiger partial charge in [-0.15, -0.1) is 0 Å². The van der Waals surface area contributed by atoms with Crippen LogP contribution in [0.3, 0.4) is 0 Å². The molecule has 0 heterocycles. The van der Waals surface area contributed by atoms with Crippen molar-refractivity contribution in [3.8, 4) is 5.75 Å². The van der Waals surface area contributed by atoms with Crippen LogP contribution in [-0.4, -0.2) is 6.29 Å². The summed E-state index contributed by atoms with van der Waals surface area (Å²) >= 11 is 0. The van der Waals surface area contributed by atoms with Crippen LogP contribution < -0.4 is 4.74 Å². The summed E-state index contributed by atoms with van der Waals surface area (Å²) in [6, 6.07) is 15.8. The first kappa shape index (κ1) is 12.0. The molecular weight excluding hydrogens is 236 g/mol. The molecule has 19 heavy (non-hydrogen) atoms. The van der Waals surface area contributed by atoms with E-state index in [0.29, 0.717) is 12.5 Å². The van der Waals surface area contributed by atoms with Gasteiger partial charge in [0.05, 0.1) is 0 Å². The third kappa shape index (κ3) is 2.84. The second-order valence-corrected chi connectivity index (χ2v) is 4.96. The van der Waals surface area contributed by atoms with E-state index in [9.17, 15) is 4.79 Å². The monoisotopic (exact) mass is 252 g/mol. The molecule has 0 N–H and O–H groups in total. The maximum absolute atomic E-state index is 11.0. The van der Waals surface area contributed by atoms with Crippen molar-refractivity contribution in [1.82, 2.24) is 0 Å². The molecule has 2 nitrogen and oxygen atoms in total. The van der Waals surface area contributed by atoms with E-state index in [4.69, 9.17) is 4.74 Å². The number of rotatable bonds is 5. The molecule has 96 valence electrons. The molecule has 1 saturated carbocycles. The molecule has 1 aliphatic rings. The lowest BCUT2D eigenvalue weighted by atomic mass is 10.0. The molecule has 0 bridgehead atoms. The molecule has 2 aromatic rings. The van der Waals surface area contributed by atoms with Gasteiger partial charge in [-0.05, 0) is 48.1 Å². The molecule has 0 radical (unpaired) electrons. The Morgan fingerprint density at radius 1 is 1.11 bits per heavy atom. The summed E-state index contributed by atoms with van der Waals surface area (Å²) in [5.74, 6) is 1.40. The minimum atomic E-state index is 0.556. The van der Waals surface area contributed by atoms with E-state index in [-0.39, 0.29) is 0 Å². The Hall–Kier alpha value is -2.09. The van der Waals surface area contributed by atoms with Crippen molar-refractivity contribution < 1.29 is 9.53 Å². The molecule has 0 unspecified atom stereocenters. The second kappa shape index (κ2) is 5.27. The molecule has 0 amide bonds. The van der Waals surface area contributed by atoms with Crippen LogP contribution >= 0.6 is 0 Å². The first-order valence-corrected chi connectivity index (χ1v) is 6.62. The smallest absolute Gasteiger partial charge is 0.150 e. The lowest BCUT2D eigenvalue weighted by Crippen LogP contribution is -1.97. The lowest BCUT2D eigenvalue weighted by molar-refractivity contribution is 0.112. The van der Waals surface area contributed by atoms with Gasteiger partial charge in [-0.25, -0.2) is 0 Å². The van der Waals surface area contributed by atoms with Gasteiger partial charge in [-0.3, -0.25) is 4.79 Å². The van der Waals surface area contributed by atoms with Gasteiger partial charge in [-0.1, -0.05) is 30.3 Å². The van der Waals surface area contributed by atoms with Gasteiger partial charge < -0.3 is 4.74 Å². The summed E-state index contributed by atoms with van der Waals surface area (Å²) in [6.45, 7) is 0.561. The van der Waals surface area contributed by atoms with Crippen molar-refractivity contribution in [3.63, 3.8) is 0 Å². The number of hydrogen-bond donors (Lipinski definition) is 0. The summed E-state index contributed by atoms with van der Waals surface area (Å²) < 4.78 is 5.79. The first-order chi connectivity index (χ1) is 9.36. The van der Waals surface area contributed by atoms with Crippen molar-refractivity contribution in [1.29, 1.82) is 0 Å². The number of benzene rings is 2. The summed E-state index contributed by atoms with van der Waals surface area (Å²) in [4.78, 5) is 11.0. The predicted molar refractivity (Wildman–Crippen MR) is 74.6 cm³/mol. The maximum atomic E-state index is 11.0. The molecular formula is C17H16O2. The summed E-state index contributed by atoms with van der Waals surface area (Å²) in [6.07, 6.45) is 3.31. The molecule has 0 aliphatic heterocycles. The van der Waals surface area contributed by atoms with Crippen LogP contribution in [0, 0.1) is 0 Å². The largest absolute Gasteiger partial charge is 0.489 e. The highest BCUT2D eigenvalue weighted by Gasteiger charge is 2.26. The third-order valence-electron chi connectivity index (χ3n) is 3.45. The number of aldehydes is 1. The number of hydrogen-bond acceptors (Lipinski definition) is 2. The SMILES string of the molecule is O=Cc1ccc(OCc2ccccc2)cc1C1CC1. The minimum absolute atomic E-state index is 0.556. The molecule has 0 spiro atoms. The average molecular weight is 252 g/mol. The molecule has 0 atom stereocenters. The zero-order chi connectivity index (χ0) is 13.1. The van der Waals surface area contributed by atoms with E-state index in [2.05, 4.69) is 0 Å². The Labute approximate surface area is 113 Å². The zero-order valence-electron chi connectivity index (χ0n) is 10.7. The van der Waals surface area contributed by atoms with Gasteiger partial charge in [0.2, 0.25) is 0 Å². The van der Waals surface area contributed by atoms with Crippen LogP contribution in [0.15, 0.2) is 48.5 Å². The maximum Gasteiger partial charge on any atom is 0.150 e. The van der Waals surface area contributed by atoms with E-state index in [1.807, 2.05) is 48.5 Å². The van der Waals surface area contributed by atoms with Gasteiger partial charge >= 0.3 is 0 Å². The average Bonchev–Trinajstić information content (AvgIpc) is 3.30. The fraction of sp³-hybridized carbons (Fsp3) is 0.235. The quantitative estimate of drug-likeness (QED) is 0.753.